The van der Waals surface area contributed by atoms with Crippen LogP contribution in [0.25, 0.3) is 10.2 Å². The van der Waals surface area contributed by atoms with Crippen LogP contribution in [0.4, 0.5) is 14.6 Å². The number of aromatic amines is 1. The number of carbonyl (C=O) groups is 2. The van der Waals surface area contributed by atoms with E-state index in [0.29, 0.717) is 12.1 Å². The zero-order valence-electron chi connectivity index (χ0n) is 15.0. The standard InChI is InChI=1S/C19H12ClF2N5O2S/c20-10-6-12(22)11(21)5-9(10)18(28)25-16-7-14(26-27-16)19(29)23-8-17-24-13-3-1-2-4-15(13)30-17/h1-7H,8H2,(H,23,29)(H2,25,26,27,28). The predicted octanol–water partition coefficient (Wildman–Crippen LogP) is 4.13. The first-order valence-electron chi connectivity index (χ1n) is 8.54. The number of nitrogens with zero attached hydrogens (tertiary/aromatic N) is 2. The lowest BCUT2D eigenvalue weighted by Crippen LogP contribution is -2.23. The van der Waals surface area contributed by atoms with Gasteiger partial charge in [0, 0.05) is 6.07 Å². The third-order valence-electron chi connectivity index (χ3n) is 4.05. The third-order valence-corrected chi connectivity index (χ3v) is 5.40. The second kappa shape index (κ2) is 8.17. The highest BCUT2D eigenvalue weighted by molar-refractivity contribution is 7.18. The number of thiazole rings is 1. The third kappa shape index (κ3) is 4.14. The minimum absolute atomic E-state index is 0.0304. The number of rotatable bonds is 5. The second-order valence-corrected chi connectivity index (χ2v) is 7.65. The van der Waals surface area contributed by atoms with Crippen molar-refractivity contribution >= 4 is 50.8 Å². The summed E-state index contributed by atoms with van der Waals surface area (Å²) >= 11 is 7.25. The zero-order valence-corrected chi connectivity index (χ0v) is 16.6. The number of anilines is 1. The van der Waals surface area contributed by atoms with Gasteiger partial charge in [-0.05, 0) is 24.3 Å². The first-order chi connectivity index (χ1) is 14.4. The Morgan fingerprint density at radius 1 is 1.10 bits per heavy atom. The van der Waals surface area contributed by atoms with Crippen molar-refractivity contribution in [2.45, 2.75) is 6.54 Å². The molecule has 0 saturated carbocycles. The van der Waals surface area contributed by atoms with Crippen LogP contribution in [0.5, 0.6) is 0 Å². The Morgan fingerprint density at radius 2 is 1.87 bits per heavy atom. The summed E-state index contributed by atoms with van der Waals surface area (Å²) in [7, 11) is 0. The van der Waals surface area contributed by atoms with Gasteiger partial charge in [-0.25, -0.2) is 13.8 Å². The Kier molecular flexibility index (Phi) is 5.42. The van der Waals surface area contributed by atoms with Gasteiger partial charge in [-0.1, -0.05) is 23.7 Å². The van der Waals surface area contributed by atoms with Crippen molar-refractivity contribution in [3.05, 3.63) is 75.4 Å². The number of H-pyrrole nitrogens is 1. The monoisotopic (exact) mass is 447 g/mol. The van der Waals surface area contributed by atoms with Crippen molar-refractivity contribution in [3.8, 4) is 0 Å². The van der Waals surface area contributed by atoms with Crippen LogP contribution in [-0.4, -0.2) is 27.0 Å². The van der Waals surface area contributed by atoms with Crippen molar-refractivity contribution in [2.24, 2.45) is 0 Å². The van der Waals surface area contributed by atoms with Crippen LogP contribution in [0.2, 0.25) is 5.02 Å². The Hall–Kier alpha value is -3.37. The van der Waals surface area contributed by atoms with E-state index < -0.39 is 23.4 Å². The van der Waals surface area contributed by atoms with Crippen molar-refractivity contribution in [1.29, 1.82) is 0 Å². The summed E-state index contributed by atoms with van der Waals surface area (Å²) in [5.74, 6) is -3.54. The molecule has 0 fully saturated rings. The van der Waals surface area contributed by atoms with E-state index in [1.165, 1.54) is 17.4 Å². The molecule has 0 aliphatic carbocycles. The van der Waals surface area contributed by atoms with Gasteiger partial charge in [-0.2, -0.15) is 5.10 Å². The summed E-state index contributed by atoms with van der Waals surface area (Å²) in [6.45, 7) is 0.219. The topological polar surface area (TPSA) is 99.8 Å². The molecule has 7 nitrogen and oxygen atoms in total. The summed E-state index contributed by atoms with van der Waals surface area (Å²) in [4.78, 5) is 29.0. The lowest BCUT2D eigenvalue weighted by molar-refractivity contribution is 0.0945. The number of nitrogens with one attached hydrogen (secondary N) is 3. The predicted molar refractivity (Wildman–Crippen MR) is 109 cm³/mol. The molecular weight excluding hydrogens is 436 g/mol. The molecule has 4 aromatic rings. The molecule has 0 radical (unpaired) electrons. The maximum absolute atomic E-state index is 13.4. The van der Waals surface area contributed by atoms with Crippen LogP contribution in [0.3, 0.4) is 0 Å². The van der Waals surface area contributed by atoms with Crippen LogP contribution < -0.4 is 10.6 Å². The Morgan fingerprint density at radius 3 is 2.67 bits per heavy atom. The normalized spacial score (nSPS) is 10.9. The van der Waals surface area contributed by atoms with Gasteiger partial charge in [0.15, 0.2) is 17.3 Å². The van der Waals surface area contributed by atoms with E-state index in [1.54, 1.807) is 0 Å². The summed E-state index contributed by atoms with van der Waals surface area (Å²) in [6, 6.07) is 10.3. The van der Waals surface area contributed by atoms with Crippen molar-refractivity contribution in [1.82, 2.24) is 20.5 Å². The number of benzene rings is 2. The SMILES string of the molecule is O=C(NCc1nc2ccccc2s1)c1cc(NC(=O)c2cc(F)c(F)cc2Cl)[nH]n1. The number of amides is 2. The molecule has 3 N–H and O–H groups in total. The minimum atomic E-state index is -1.20. The molecule has 0 bridgehead atoms. The molecule has 0 atom stereocenters. The van der Waals surface area contributed by atoms with Gasteiger partial charge >= 0.3 is 0 Å². The van der Waals surface area contributed by atoms with E-state index in [2.05, 4.69) is 25.8 Å². The van der Waals surface area contributed by atoms with Gasteiger partial charge in [-0.3, -0.25) is 14.7 Å². The van der Waals surface area contributed by atoms with Crippen LogP contribution in [0.15, 0.2) is 42.5 Å². The number of aromatic nitrogens is 3. The largest absolute Gasteiger partial charge is 0.344 e. The minimum Gasteiger partial charge on any atom is -0.344 e. The van der Waals surface area contributed by atoms with Gasteiger partial charge in [-0.15, -0.1) is 11.3 Å². The quantitative estimate of drug-likeness (QED) is 0.400. The van der Waals surface area contributed by atoms with Crippen molar-refractivity contribution < 1.29 is 18.4 Å². The molecule has 2 aromatic heterocycles. The molecule has 2 aromatic carbocycles. The lowest BCUT2D eigenvalue weighted by Gasteiger charge is -2.05. The van der Waals surface area contributed by atoms with Gasteiger partial charge < -0.3 is 10.6 Å². The maximum atomic E-state index is 13.4. The van der Waals surface area contributed by atoms with Gasteiger partial charge in [0.1, 0.15) is 10.8 Å². The fourth-order valence-corrected chi connectivity index (χ4v) is 3.77. The zero-order chi connectivity index (χ0) is 21.3. The second-order valence-electron chi connectivity index (χ2n) is 6.13. The van der Waals surface area contributed by atoms with Crippen molar-refractivity contribution in [3.63, 3.8) is 0 Å². The lowest BCUT2D eigenvalue weighted by atomic mass is 10.2. The summed E-state index contributed by atoms with van der Waals surface area (Å²) < 4.78 is 27.5. The van der Waals surface area contributed by atoms with Crippen LogP contribution in [0, 0.1) is 11.6 Å². The molecule has 0 spiro atoms. The van der Waals surface area contributed by atoms with Crippen LogP contribution in [0.1, 0.15) is 25.9 Å². The summed E-state index contributed by atoms with van der Waals surface area (Å²) in [6.07, 6.45) is 0. The van der Waals surface area contributed by atoms with E-state index in [9.17, 15) is 18.4 Å². The number of para-hydroxylation sites is 1. The van der Waals surface area contributed by atoms with Crippen molar-refractivity contribution in [2.75, 3.05) is 5.32 Å². The Labute approximate surface area is 177 Å². The fraction of sp³-hybridized carbons (Fsp3) is 0.0526. The smallest absolute Gasteiger partial charge is 0.272 e. The number of carbonyl (C=O) groups excluding carboxylic acids is 2. The Bertz CT molecular complexity index is 1240. The molecule has 11 heteroatoms. The maximum Gasteiger partial charge on any atom is 0.272 e. The van der Waals surface area contributed by atoms with E-state index in [4.69, 9.17) is 11.6 Å². The van der Waals surface area contributed by atoms with Gasteiger partial charge in [0.25, 0.3) is 11.8 Å². The molecular formula is C19H12ClF2N5O2S. The van der Waals surface area contributed by atoms with Crippen LogP contribution in [-0.2, 0) is 6.54 Å². The number of fused-ring (bicyclic) bond motifs is 1. The van der Waals surface area contributed by atoms with E-state index >= 15 is 0 Å². The molecule has 0 saturated heterocycles. The number of hydrogen-bond donors (Lipinski definition) is 3. The average Bonchev–Trinajstić information content (AvgIpc) is 3.35. The average molecular weight is 448 g/mol. The molecule has 2 amide bonds. The molecule has 0 aliphatic heterocycles. The number of halogens is 3. The molecule has 0 aliphatic rings. The van der Waals surface area contributed by atoms with Gasteiger partial charge in [0.05, 0.1) is 27.3 Å². The Balaban J connectivity index is 1.40. The van der Waals surface area contributed by atoms with Crippen LogP contribution >= 0.6 is 22.9 Å². The van der Waals surface area contributed by atoms with E-state index in [0.717, 1.165) is 15.2 Å². The number of hydrogen-bond acceptors (Lipinski definition) is 5. The fourth-order valence-electron chi connectivity index (χ4n) is 2.63. The summed E-state index contributed by atoms with van der Waals surface area (Å²) in [5, 5.41) is 11.9. The molecule has 152 valence electrons. The molecule has 4 rings (SSSR count). The highest BCUT2D eigenvalue weighted by Gasteiger charge is 2.17. The van der Waals surface area contributed by atoms with Gasteiger partial charge in [0.2, 0.25) is 0 Å². The highest BCUT2D eigenvalue weighted by atomic mass is 35.5. The highest BCUT2D eigenvalue weighted by Crippen LogP contribution is 2.22. The molecule has 0 unspecified atom stereocenters. The first-order valence-corrected chi connectivity index (χ1v) is 9.74. The molecule has 30 heavy (non-hydrogen) atoms. The van der Waals surface area contributed by atoms with E-state index in [1.807, 2.05) is 24.3 Å². The summed E-state index contributed by atoms with van der Waals surface area (Å²) in [5.41, 5.74) is 0.627. The molecule has 2 heterocycles. The first kappa shape index (κ1) is 19.9. The van der Waals surface area contributed by atoms with E-state index in [-0.39, 0.29) is 28.6 Å².